The van der Waals surface area contributed by atoms with E-state index in [-0.39, 0.29) is 19.0 Å². The first kappa shape index (κ1) is 30.1. The molecule has 0 aliphatic carbocycles. The molecule has 0 fully saturated rings. The highest BCUT2D eigenvalue weighted by molar-refractivity contribution is 5.99. The minimum Gasteiger partial charge on any atom is -0.482 e. The average Bonchev–Trinajstić information content (AvgIpc) is 2.97. The Hall–Kier alpha value is -4.84. The summed E-state index contributed by atoms with van der Waals surface area (Å²) < 4.78 is 48.9. The smallest absolute Gasteiger partial charge is 0.278 e. The number of pyridine rings is 1. The zero-order valence-electron chi connectivity index (χ0n) is 22.7. The van der Waals surface area contributed by atoms with Gasteiger partial charge in [-0.25, -0.2) is 13.2 Å². The van der Waals surface area contributed by atoms with Gasteiger partial charge in [0.2, 0.25) is 5.43 Å². The molecule has 1 aliphatic rings. The molecule has 0 spiro atoms. The third-order valence-corrected chi connectivity index (χ3v) is 6.86. The molecule has 0 saturated heterocycles. The molecule has 2 aromatic carbocycles. The maximum absolute atomic E-state index is 14.2. The van der Waals surface area contributed by atoms with Crippen LogP contribution in [0.1, 0.15) is 38.9 Å². The second-order valence-electron chi connectivity index (χ2n) is 9.52. The molecule has 4 rings (SSSR count). The van der Waals surface area contributed by atoms with Gasteiger partial charge in [-0.15, -0.1) is 13.2 Å². The summed E-state index contributed by atoms with van der Waals surface area (Å²) in [4.78, 5) is 42.1. The quantitative estimate of drug-likeness (QED) is 0.337. The zero-order valence-corrected chi connectivity index (χ0v) is 22.7. The van der Waals surface area contributed by atoms with Crippen LogP contribution < -0.4 is 20.5 Å². The van der Waals surface area contributed by atoms with Crippen molar-refractivity contribution in [3.8, 4) is 5.75 Å². The van der Waals surface area contributed by atoms with Crippen LogP contribution in [-0.2, 0) is 13.2 Å². The Bertz CT molecular complexity index is 1550. The molecule has 0 bridgehead atoms. The number of benzene rings is 2. The number of aliphatic hydroxyl groups is 1. The summed E-state index contributed by atoms with van der Waals surface area (Å²) in [6.07, 6.45) is 4.10. The first-order chi connectivity index (χ1) is 20.1. The lowest BCUT2D eigenvalue weighted by atomic mass is 10.1. The van der Waals surface area contributed by atoms with Gasteiger partial charge >= 0.3 is 0 Å². The van der Waals surface area contributed by atoms with Gasteiger partial charge in [0.1, 0.15) is 36.3 Å². The number of rotatable bonds is 11. The maximum Gasteiger partial charge on any atom is 0.278 e. The van der Waals surface area contributed by atoms with Gasteiger partial charge in [0, 0.05) is 30.4 Å². The van der Waals surface area contributed by atoms with Crippen molar-refractivity contribution in [2.24, 2.45) is 0 Å². The molecule has 1 unspecified atom stereocenters. The van der Waals surface area contributed by atoms with E-state index in [1.807, 2.05) is 0 Å². The van der Waals surface area contributed by atoms with Crippen LogP contribution in [0.4, 0.5) is 13.2 Å². The molecule has 0 radical (unpaired) electrons. The number of ether oxygens (including phenoxy) is 1. The Morgan fingerprint density at radius 2 is 1.79 bits per heavy atom. The number of nitrogens with one attached hydrogen (secondary N) is 1. The normalized spacial score (nSPS) is 14.2. The summed E-state index contributed by atoms with van der Waals surface area (Å²) >= 11 is 0. The lowest BCUT2D eigenvalue weighted by molar-refractivity contribution is 0.0563. The zero-order chi connectivity index (χ0) is 30.6. The summed E-state index contributed by atoms with van der Waals surface area (Å²) in [5.74, 6) is -5.66. The van der Waals surface area contributed by atoms with Gasteiger partial charge in [-0.1, -0.05) is 42.5 Å². The number of fused-ring (bicyclic) bond motifs is 1. The van der Waals surface area contributed by atoms with E-state index in [2.05, 4.69) is 18.5 Å². The van der Waals surface area contributed by atoms with Gasteiger partial charge in [-0.3, -0.25) is 24.1 Å². The van der Waals surface area contributed by atoms with Crippen LogP contribution in [0.15, 0.2) is 78.8 Å². The highest BCUT2D eigenvalue weighted by atomic mass is 19.1. The molecule has 1 aromatic heterocycles. The minimum atomic E-state index is -1.21. The molecule has 2 N–H and O–H groups in total. The molecule has 2 amide bonds. The molecule has 220 valence electrons. The van der Waals surface area contributed by atoms with E-state index in [0.29, 0.717) is 17.7 Å². The monoisotopic (exact) mass is 582 g/mol. The topological polar surface area (TPSA) is 104 Å². The van der Waals surface area contributed by atoms with Crippen molar-refractivity contribution in [1.82, 2.24) is 14.9 Å². The molecule has 12 heteroatoms. The van der Waals surface area contributed by atoms with Crippen molar-refractivity contribution >= 4 is 11.8 Å². The maximum atomic E-state index is 14.2. The Morgan fingerprint density at radius 1 is 1.12 bits per heavy atom. The second-order valence-corrected chi connectivity index (χ2v) is 9.52. The second kappa shape index (κ2) is 12.8. The minimum absolute atomic E-state index is 0.0790. The first-order valence-corrected chi connectivity index (χ1v) is 12.9. The number of carbonyl (C=O) groups excluding carboxylic acids is 2. The number of nitrogens with zero attached hydrogens (tertiary/aromatic N) is 3. The van der Waals surface area contributed by atoms with Crippen molar-refractivity contribution in [2.75, 3.05) is 18.3 Å². The van der Waals surface area contributed by atoms with E-state index in [1.54, 1.807) is 48.3 Å². The van der Waals surface area contributed by atoms with E-state index in [0.717, 1.165) is 6.20 Å². The van der Waals surface area contributed by atoms with Gasteiger partial charge in [-0.05, 0) is 12.5 Å². The Labute approximate surface area is 239 Å². The Morgan fingerprint density at radius 3 is 2.38 bits per heavy atom. The van der Waals surface area contributed by atoms with Crippen LogP contribution in [0.5, 0.6) is 5.75 Å². The molecule has 42 heavy (non-hydrogen) atoms. The van der Waals surface area contributed by atoms with Crippen LogP contribution >= 0.6 is 0 Å². The number of carbonyl (C=O) groups is 2. The lowest BCUT2D eigenvalue weighted by Gasteiger charge is -2.44. The highest BCUT2D eigenvalue weighted by Gasteiger charge is 2.38. The van der Waals surface area contributed by atoms with E-state index in [1.165, 1.54) is 15.7 Å². The molecular weight excluding hydrogens is 553 g/mol. The Kier molecular flexibility index (Phi) is 9.16. The first-order valence-electron chi connectivity index (χ1n) is 12.9. The molecule has 2 atom stereocenters. The van der Waals surface area contributed by atoms with Crippen LogP contribution in [0, 0.1) is 17.5 Å². The number of aromatic nitrogens is 1. The lowest BCUT2D eigenvalue weighted by Crippen LogP contribution is -2.60. The number of hydrogen-bond acceptors (Lipinski definition) is 6. The average molecular weight is 583 g/mol. The van der Waals surface area contributed by atoms with Crippen LogP contribution in [0.2, 0.25) is 0 Å². The molecule has 2 heterocycles. The number of halogens is 3. The van der Waals surface area contributed by atoms with Gasteiger partial charge in [0.15, 0.2) is 11.4 Å². The fourth-order valence-electron chi connectivity index (χ4n) is 4.43. The highest BCUT2D eigenvalue weighted by Crippen LogP contribution is 2.26. The summed E-state index contributed by atoms with van der Waals surface area (Å²) in [5.41, 5.74) is -1.56. The van der Waals surface area contributed by atoms with Crippen molar-refractivity contribution in [3.63, 3.8) is 0 Å². The van der Waals surface area contributed by atoms with Crippen molar-refractivity contribution in [1.29, 1.82) is 0 Å². The van der Waals surface area contributed by atoms with Crippen molar-refractivity contribution < 1.29 is 32.6 Å². The van der Waals surface area contributed by atoms with Gasteiger partial charge in [0.05, 0.1) is 18.7 Å². The van der Waals surface area contributed by atoms with Gasteiger partial charge < -0.3 is 20.1 Å². The largest absolute Gasteiger partial charge is 0.482 e. The Balaban J connectivity index is 1.83. The van der Waals surface area contributed by atoms with Crippen LogP contribution in [0.25, 0.3) is 0 Å². The number of hydrogen-bond donors (Lipinski definition) is 2. The van der Waals surface area contributed by atoms with Crippen molar-refractivity contribution in [2.45, 2.75) is 32.2 Å². The van der Waals surface area contributed by atoms with E-state index in [9.17, 15) is 32.7 Å². The third-order valence-electron chi connectivity index (χ3n) is 6.86. The standard InChI is InChI=1S/C30H29F3N4O5/c1-4-18(3)37-17-35(21(5-2)15-38)30(41)26-28(42-16-19-9-7-6-8-10-19)27(39)23(14-36(26)37)29(40)34-13-22-24(32)11-20(31)12-25(22)33/h4-12,14,18,21,38H,1-2,13,15-17H2,3H3,(H,34,40)/t18?,21-/m1/s1. The number of aliphatic hydroxyl groups excluding tert-OH is 1. The molecule has 3 aromatic rings. The fraction of sp³-hybridized carbons (Fsp3) is 0.233. The summed E-state index contributed by atoms with van der Waals surface area (Å²) in [6, 6.07) is 8.49. The molecule has 9 nitrogen and oxygen atoms in total. The van der Waals surface area contributed by atoms with E-state index in [4.69, 9.17) is 4.74 Å². The molecule has 0 saturated carbocycles. The third kappa shape index (κ3) is 5.93. The van der Waals surface area contributed by atoms with Crippen LogP contribution in [0.3, 0.4) is 0 Å². The summed E-state index contributed by atoms with van der Waals surface area (Å²) in [6.45, 7) is 7.91. The van der Waals surface area contributed by atoms with E-state index >= 15 is 0 Å². The molecule has 1 aliphatic heterocycles. The van der Waals surface area contributed by atoms with Crippen molar-refractivity contribution in [3.05, 3.63) is 124 Å². The summed E-state index contributed by atoms with van der Waals surface area (Å²) in [5, 5.41) is 13.8. The van der Waals surface area contributed by atoms with Gasteiger partial charge in [0.25, 0.3) is 11.8 Å². The number of amides is 2. The summed E-state index contributed by atoms with van der Waals surface area (Å²) in [7, 11) is 0. The predicted molar refractivity (Wildman–Crippen MR) is 149 cm³/mol. The SMILES string of the molecule is C=CC(C)N1CN([C@H](C=C)CO)C(=O)c2c(OCc3ccccc3)c(=O)c(C(=O)NCc3c(F)cc(F)cc3F)cn21. The van der Waals surface area contributed by atoms with E-state index < -0.39 is 76.8 Å². The van der Waals surface area contributed by atoms with Gasteiger partial charge in [-0.2, -0.15) is 0 Å². The fourth-order valence-corrected chi connectivity index (χ4v) is 4.43. The predicted octanol–water partition coefficient (Wildman–Crippen LogP) is 3.25. The van der Waals surface area contributed by atoms with Crippen LogP contribution in [-0.4, -0.2) is 51.9 Å². The molecular formula is C30H29F3N4O5.